The summed E-state index contributed by atoms with van der Waals surface area (Å²) in [6.07, 6.45) is 6.68. The summed E-state index contributed by atoms with van der Waals surface area (Å²) in [7, 11) is 2.15. The van der Waals surface area contributed by atoms with Gasteiger partial charge in [0.15, 0.2) is 0 Å². The van der Waals surface area contributed by atoms with E-state index in [9.17, 15) is 4.79 Å². The Morgan fingerprint density at radius 1 is 1.03 bits per heavy atom. The summed E-state index contributed by atoms with van der Waals surface area (Å²) in [4.78, 5) is 27.7. The van der Waals surface area contributed by atoms with Crippen molar-refractivity contribution in [1.82, 2.24) is 19.8 Å². The second-order valence-corrected chi connectivity index (χ2v) is 11.7. The van der Waals surface area contributed by atoms with Crippen molar-refractivity contribution in [2.24, 2.45) is 0 Å². The third kappa shape index (κ3) is 5.72. The molecular formula is C31H43N5O3. The zero-order chi connectivity index (χ0) is 26.9. The summed E-state index contributed by atoms with van der Waals surface area (Å²) in [5, 5.41) is 5.15. The number of nitrogens with zero attached hydrogens (tertiary/aromatic N) is 3. The average molecular weight is 534 g/mol. The molecule has 3 fully saturated rings. The van der Waals surface area contributed by atoms with Crippen LogP contribution in [0.2, 0.25) is 0 Å². The van der Waals surface area contributed by atoms with Crippen LogP contribution in [0.4, 0.5) is 5.69 Å². The second-order valence-electron chi connectivity index (χ2n) is 11.7. The number of piperazine rings is 1. The smallest absolute Gasteiger partial charge is 0.256 e. The third-order valence-corrected chi connectivity index (χ3v) is 9.31. The maximum atomic E-state index is 13.1. The number of hydroxylamine groups is 2. The number of nitrogens with one attached hydrogen (secondary N) is 2. The number of carbonyl (C=O) groups excluding carboxylic acids is 1. The first-order valence-corrected chi connectivity index (χ1v) is 14.7. The number of amides is 1. The molecule has 4 aliphatic rings. The number of carbonyl (C=O) groups is 1. The summed E-state index contributed by atoms with van der Waals surface area (Å²) in [6.45, 7) is 12.7. The number of likely N-dealkylation sites (N-methyl/N-ethyl adjacent to an activating group) is 1. The first-order chi connectivity index (χ1) is 19.0. The zero-order valence-electron chi connectivity index (χ0n) is 23.7. The van der Waals surface area contributed by atoms with Gasteiger partial charge in [-0.3, -0.25) is 9.63 Å². The van der Waals surface area contributed by atoms with Crippen LogP contribution >= 0.6 is 0 Å². The number of fused-ring (bicyclic) bond motifs is 1. The summed E-state index contributed by atoms with van der Waals surface area (Å²) in [6, 6.07) is 7.25. The van der Waals surface area contributed by atoms with Gasteiger partial charge in [0.2, 0.25) is 0 Å². The van der Waals surface area contributed by atoms with Gasteiger partial charge in [0, 0.05) is 73.6 Å². The third-order valence-electron chi connectivity index (χ3n) is 9.31. The molecule has 2 N–H and O–H groups in total. The Morgan fingerprint density at radius 2 is 1.77 bits per heavy atom. The molecule has 0 atom stereocenters. The van der Waals surface area contributed by atoms with Gasteiger partial charge < -0.3 is 24.8 Å². The summed E-state index contributed by atoms with van der Waals surface area (Å²) >= 11 is 0. The van der Waals surface area contributed by atoms with Gasteiger partial charge in [0.1, 0.15) is 0 Å². The molecule has 6 rings (SSSR count). The highest BCUT2D eigenvalue weighted by atomic mass is 16.7. The van der Waals surface area contributed by atoms with Crippen molar-refractivity contribution in [1.29, 1.82) is 0 Å². The van der Waals surface area contributed by atoms with E-state index in [1.807, 2.05) is 6.08 Å². The number of benzene rings is 1. The molecule has 8 nitrogen and oxygen atoms in total. The Balaban J connectivity index is 1.16. The van der Waals surface area contributed by atoms with Gasteiger partial charge in [-0.2, -0.15) is 5.06 Å². The first-order valence-electron chi connectivity index (χ1n) is 14.7. The molecule has 210 valence electrons. The molecular weight excluding hydrogens is 490 g/mol. The average Bonchev–Trinajstić information content (AvgIpc) is 3.42. The lowest BCUT2D eigenvalue weighted by Crippen LogP contribution is -2.44. The minimum Gasteiger partial charge on any atom is -0.381 e. The Morgan fingerprint density at radius 3 is 2.51 bits per heavy atom. The number of H-pyrrole nitrogens is 1. The highest BCUT2D eigenvalue weighted by Crippen LogP contribution is 2.38. The molecule has 2 aromatic rings. The van der Waals surface area contributed by atoms with Crippen LogP contribution in [0.5, 0.6) is 0 Å². The lowest BCUT2D eigenvalue weighted by atomic mass is 9.86. The van der Waals surface area contributed by atoms with Gasteiger partial charge in [-0.15, -0.1) is 0 Å². The lowest BCUT2D eigenvalue weighted by Gasteiger charge is -2.39. The van der Waals surface area contributed by atoms with Crippen LogP contribution in [-0.2, 0) is 21.0 Å². The van der Waals surface area contributed by atoms with E-state index in [2.05, 4.69) is 64.3 Å². The van der Waals surface area contributed by atoms with Gasteiger partial charge in [-0.25, -0.2) is 0 Å². The van der Waals surface area contributed by atoms with E-state index in [1.165, 1.54) is 24.0 Å². The van der Waals surface area contributed by atoms with E-state index in [0.717, 1.165) is 99.1 Å². The molecule has 0 saturated carbocycles. The molecule has 8 heteroatoms. The van der Waals surface area contributed by atoms with Gasteiger partial charge in [0.25, 0.3) is 5.91 Å². The molecule has 5 heterocycles. The number of ether oxygens (including phenoxy) is 1. The van der Waals surface area contributed by atoms with Crippen molar-refractivity contribution in [2.75, 3.05) is 64.8 Å². The summed E-state index contributed by atoms with van der Waals surface area (Å²) < 4.78 is 5.56. The van der Waals surface area contributed by atoms with Crippen molar-refractivity contribution < 1.29 is 14.4 Å². The molecule has 0 spiro atoms. The number of aromatic amines is 1. The molecule has 1 aromatic carbocycles. The van der Waals surface area contributed by atoms with E-state index in [1.54, 1.807) is 0 Å². The fourth-order valence-electron chi connectivity index (χ4n) is 6.64. The van der Waals surface area contributed by atoms with Crippen molar-refractivity contribution in [3.63, 3.8) is 0 Å². The molecule has 1 aromatic heterocycles. The first kappa shape index (κ1) is 26.7. The fourth-order valence-corrected chi connectivity index (χ4v) is 6.64. The minimum atomic E-state index is -0.0293. The molecule has 3 saturated heterocycles. The molecule has 1 amide bonds. The number of likely N-dealkylation sites (tertiary alicyclic amines) is 1. The van der Waals surface area contributed by atoms with Crippen molar-refractivity contribution >= 4 is 23.2 Å². The fraction of sp³-hybridized carbons (Fsp3) is 0.581. The van der Waals surface area contributed by atoms with Crippen LogP contribution in [0.3, 0.4) is 0 Å². The van der Waals surface area contributed by atoms with E-state index < -0.39 is 0 Å². The minimum absolute atomic E-state index is 0.0293. The molecule has 4 aliphatic heterocycles. The van der Waals surface area contributed by atoms with Crippen LogP contribution in [0.25, 0.3) is 11.6 Å². The molecule has 0 unspecified atom stereocenters. The van der Waals surface area contributed by atoms with Gasteiger partial charge >= 0.3 is 0 Å². The maximum absolute atomic E-state index is 13.1. The predicted molar refractivity (Wildman–Crippen MR) is 154 cm³/mol. The van der Waals surface area contributed by atoms with Crippen LogP contribution in [0.15, 0.2) is 18.2 Å². The SMILES string of the molecule is Cc1[nH]c(/C=C2\C(=O)Nc3ccc(C4CCN(C5CCOCC5)CC4)cc32)c(C)c1CON1CCN(C)CC1. The van der Waals surface area contributed by atoms with E-state index in [4.69, 9.17) is 9.57 Å². The monoisotopic (exact) mass is 533 g/mol. The highest BCUT2D eigenvalue weighted by molar-refractivity contribution is 6.34. The summed E-state index contributed by atoms with van der Waals surface area (Å²) in [5.41, 5.74) is 8.41. The number of piperidine rings is 1. The number of rotatable bonds is 6. The van der Waals surface area contributed by atoms with Gasteiger partial charge in [-0.05, 0) is 94.9 Å². The quantitative estimate of drug-likeness (QED) is 0.544. The Kier molecular flexibility index (Phi) is 7.91. The molecule has 0 radical (unpaired) electrons. The zero-order valence-corrected chi connectivity index (χ0v) is 23.7. The number of hydrogen-bond donors (Lipinski definition) is 2. The van der Waals surface area contributed by atoms with E-state index >= 15 is 0 Å². The standard InChI is InChI=1S/C31H43N5O3/c1-21-28(20-39-36-14-12-34(3)13-15-36)22(2)32-30(21)19-27-26-18-24(4-5-29(26)33-31(27)37)23-6-10-35(11-7-23)25-8-16-38-17-9-25/h4-5,18-19,23,25,32H,6-17,20H2,1-3H3,(H,33,37)/b27-19-. The van der Waals surface area contributed by atoms with Crippen molar-refractivity contribution in [3.8, 4) is 0 Å². The second kappa shape index (κ2) is 11.6. The number of aryl methyl sites for hydroxylation is 1. The van der Waals surface area contributed by atoms with E-state index in [0.29, 0.717) is 18.6 Å². The van der Waals surface area contributed by atoms with Crippen LogP contribution < -0.4 is 5.32 Å². The predicted octanol–water partition coefficient (Wildman–Crippen LogP) is 4.16. The van der Waals surface area contributed by atoms with Crippen LogP contribution in [0, 0.1) is 13.8 Å². The number of aromatic nitrogens is 1. The number of hydrogen-bond acceptors (Lipinski definition) is 6. The molecule has 39 heavy (non-hydrogen) atoms. The summed E-state index contributed by atoms with van der Waals surface area (Å²) in [5.74, 6) is 0.509. The number of anilines is 1. The molecule has 0 bridgehead atoms. The van der Waals surface area contributed by atoms with Crippen LogP contribution in [-0.4, -0.2) is 91.3 Å². The van der Waals surface area contributed by atoms with Gasteiger partial charge in [0.05, 0.1) is 12.2 Å². The Hall–Kier alpha value is -2.49. The van der Waals surface area contributed by atoms with Crippen molar-refractivity contribution in [2.45, 2.75) is 58.1 Å². The maximum Gasteiger partial charge on any atom is 0.256 e. The van der Waals surface area contributed by atoms with Crippen LogP contribution in [0.1, 0.15) is 65.2 Å². The molecule has 0 aliphatic carbocycles. The normalized spacial score (nSPS) is 23.5. The Bertz CT molecular complexity index is 1220. The highest BCUT2D eigenvalue weighted by Gasteiger charge is 2.30. The van der Waals surface area contributed by atoms with Gasteiger partial charge in [-0.1, -0.05) is 6.07 Å². The van der Waals surface area contributed by atoms with Crippen molar-refractivity contribution in [3.05, 3.63) is 51.8 Å². The lowest BCUT2D eigenvalue weighted by molar-refractivity contribution is -0.184. The van der Waals surface area contributed by atoms with E-state index in [-0.39, 0.29) is 5.91 Å². The largest absolute Gasteiger partial charge is 0.381 e. The topological polar surface area (TPSA) is 73.1 Å². The Labute approximate surface area is 232 Å².